The fraction of sp³-hybridized carbons (Fsp3) is 0.250. The van der Waals surface area contributed by atoms with E-state index in [2.05, 4.69) is 10.4 Å². The lowest BCUT2D eigenvalue weighted by Crippen LogP contribution is -2.21. The highest BCUT2D eigenvalue weighted by molar-refractivity contribution is 7.20. The van der Waals surface area contributed by atoms with Crippen molar-refractivity contribution in [1.82, 2.24) is 15.1 Å². The topological polar surface area (TPSA) is 46.9 Å². The number of hydrogen-bond acceptors (Lipinski definition) is 3. The summed E-state index contributed by atoms with van der Waals surface area (Å²) in [5.74, 6) is -0.0348. The maximum Gasteiger partial charge on any atom is 0.261 e. The van der Waals surface area contributed by atoms with Gasteiger partial charge in [0.2, 0.25) is 0 Å². The molecule has 3 rings (SSSR count). The standard InChI is InChI=1S/C16H16ClN3OS/c1-3-18-15(21)14-8-12-10(2)19-20(16(12)22-14)9-11-6-4-5-7-13(11)17/h4-8H,3,9H2,1-2H3,(H,18,21). The van der Waals surface area contributed by atoms with Crippen molar-refractivity contribution in [3.63, 3.8) is 0 Å². The fourth-order valence-electron chi connectivity index (χ4n) is 2.37. The number of rotatable bonds is 4. The number of nitrogens with one attached hydrogen (secondary N) is 1. The van der Waals surface area contributed by atoms with Gasteiger partial charge in [0.15, 0.2) is 0 Å². The molecule has 0 aliphatic carbocycles. The number of aryl methyl sites for hydroxylation is 1. The van der Waals surface area contributed by atoms with Gasteiger partial charge in [-0.2, -0.15) is 5.10 Å². The Labute approximate surface area is 137 Å². The van der Waals surface area contributed by atoms with Crippen LogP contribution in [0.2, 0.25) is 5.02 Å². The molecule has 0 aliphatic heterocycles. The van der Waals surface area contributed by atoms with E-state index >= 15 is 0 Å². The van der Waals surface area contributed by atoms with Crippen molar-refractivity contribution in [3.8, 4) is 0 Å². The van der Waals surface area contributed by atoms with Crippen molar-refractivity contribution in [1.29, 1.82) is 0 Å². The molecule has 2 heterocycles. The van der Waals surface area contributed by atoms with Crippen LogP contribution in [0.5, 0.6) is 0 Å². The summed E-state index contributed by atoms with van der Waals surface area (Å²) in [7, 11) is 0. The molecule has 1 aromatic carbocycles. The smallest absolute Gasteiger partial charge is 0.261 e. The van der Waals surface area contributed by atoms with Gasteiger partial charge in [-0.25, -0.2) is 0 Å². The Balaban J connectivity index is 2.00. The van der Waals surface area contributed by atoms with E-state index in [9.17, 15) is 4.79 Å². The fourth-order valence-corrected chi connectivity index (χ4v) is 3.64. The lowest BCUT2D eigenvalue weighted by atomic mass is 10.2. The van der Waals surface area contributed by atoms with Crippen LogP contribution in [-0.4, -0.2) is 22.2 Å². The van der Waals surface area contributed by atoms with Gasteiger partial charge >= 0.3 is 0 Å². The Morgan fingerprint density at radius 3 is 2.91 bits per heavy atom. The van der Waals surface area contributed by atoms with Crippen molar-refractivity contribution >= 4 is 39.1 Å². The lowest BCUT2D eigenvalue weighted by Gasteiger charge is -2.05. The maximum atomic E-state index is 12.0. The SMILES string of the molecule is CCNC(=O)c1cc2c(C)nn(Cc3ccccc3Cl)c2s1. The molecule has 0 bridgehead atoms. The molecule has 1 amide bonds. The molecule has 2 aromatic heterocycles. The third-order valence-electron chi connectivity index (χ3n) is 3.45. The number of thiophene rings is 1. The monoisotopic (exact) mass is 333 g/mol. The lowest BCUT2D eigenvalue weighted by molar-refractivity contribution is 0.0960. The highest BCUT2D eigenvalue weighted by atomic mass is 35.5. The second-order valence-corrected chi connectivity index (χ2v) is 6.46. The molecule has 4 nitrogen and oxygen atoms in total. The van der Waals surface area contributed by atoms with Crippen LogP contribution in [0, 0.1) is 6.92 Å². The highest BCUT2D eigenvalue weighted by Gasteiger charge is 2.16. The summed E-state index contributed by atoms with van der Waals surface area (Å²) in [6, 6.07) is 9.65. The number of carbonyl (C=O) groups excluding carboxylic acids is 1. The Morgan fingerprint density at radius 2 is 2.18 bits per heavy atom. The van der Waals surface area contributed by atoms with Crippen LogP contribution in [0.4, 0.5) is 0 Å². The van der Waals surface area contributed by atoms with E-state index in [1.54, 1.807) is 0 Å². The molecule has 3 aromatic rings. The van der Waals surface area contributed by atoms with Crippen LogP contribution in [0.25, 0.3) is 10.2 Å². The van der Waals surface area contributed by atoms with E-state index in [-0.39, 0.29) is 5.91 Å². The summed E-state index contributed by atoms with van der Waals surface area (Å²) in [4.78, 5) is 13.7. The number of fused-ring (bicyclic) bond motifs is 1. The first-order chi connectivity index (χ1) is 10.6. The second-order valence-electron chi connectivity index (χ2n) is 5.02. The quantitative estimate of drug-likeness (QED) is 0.788. The third-order valence-corrected chi connectivity index (χ3v) is 4.96. The summed E-state index contributed by atoms with van der Waals surface area (Å²) in [6.07, 6.45) is 0. The third kappa shape index (κ3) is 2.74. The largest absolute Gasteiger partial charge is 0.352 e. The molecular formula is C16H16ClN3OS. The van der Waals surface area contributed by atoms with Gasteiger partial charge in [0.05, 0.1) is 17.1 Å². The van der Waals surface area contributed by atoms with Crippen LogP contribution in [0.3, 0.4) is 0 Å². The van der Waals surface area contributed by atoms with E-state index in [4.69, 9.17) is 11.6 Å². The molecule has 0 radical (unpaired) electrons. The van der Waals surface area contributed by atoms with Crippen LogP contribution in [0.1, 0.15) is 27.9 Å². The molecule has 0 atom stereocenters. The van der Waals surface area contributed by atoms with Crippen LogP contribution >= 0.6 is 22.9 Å². The zero-order valence-electron chi connectivity index (χ0n) is 12.4. The zero-order valence-corrected chi connectivity index (χ0v) is 14.0. The number of halogens is 1. The molecule has 0 fully saturated rings. The first-order valence-corrected chi connectivity index (χ1v) is 8.28. The first kappa shape index (κ1) is 15.1. The van der Waals surface area contributed by atoms with Gasteiger partial charge in [-0.1, -0.05) is 29.8 Å². The molecule has 22 heavy (non-hydrogen) atoms. The molecule has 0 unspecified atom stereocenters. The molecule has 0 saturated carbocycles. The first-order valence-electron chi connectivity index (χ1n) is 7.08. The van der Waals surface area contributed by atoms with Crippen molar-refractivity contribution in [3.05, 3.63) is 51.5 Å². The van der Waals surface area contributed by atoms with Crippen LogP contribution < -0.4 is 5.32 Å². The molecular weight excluding hydrogens is 318 g/mol. The predicted octanol–water partition coefficient (Wildman–Crippen LogP) is 3.86. The minimum absolute atomic E-state index is 0.0348. The van der Waals surface area contributed by atoms with E-state index in [1.807, 2.05) is 48.9 Å². The van der Waals surface area contributed by atoms with E-state index < -0.39 is 0 Å². The van der Waals surface area contributed by atoms with Crippen molar-refractivity contribution in [2.24, 2.45) is 0 Å². The average molecular weight is 334 g/mol. The zero-order chi connectivity index (χ0) is 15.7. The number of nitrogens with zero attached hydrogens (tertiary/aromatic N) is 2. The second kappa shape index (κ2) is 6.10. The summed E-state index contributed by atoms with van der Waals surface area (Å²) in [6.45, 7) is 5.09. The number of amides is 1. The van der Waals surface area contributed by atoms with Gasteiger partial charge < -0.3 is 5.32 Å². The van der Waals surface area contributed by atoms with E-state index in [0.29, 0.717) is 18.0 Å². The van der Waals surface area contributed by atoms with Crippen LogP contribution in [0.15, 0.2) is 30.3 Å². The number of hydrogen-bond donors (Lipinski definition) is 1. The van der Waals surface area contributed by atoms with Gasteiger partial charge in [0, 0.05) is 17.0 Å². The van der Waals surface area contributed by atoms with E-state index in [0.717, 1.165) is 26.5 Å². The summed E-state index contributed by atoms with van der Waals surface area (Å²) >= 11 is 7.69. The summed E-state index contributed by atoms with van der Waals surface area (Å²) in [5.41, 5.74) is 1.94. The minimum atomic E-state index is -0.0348. The van der Waals surface area contributed by atoms with Crippen molar-refractivity contribution < 1.29 is 4.79 Å². The van der Waals surface area contributed by atoms with E-state index in [1.165, 1.54) is 11.3 Å². The Hall–Kier alpha value is -1.85. The van der Waals surface area contributed by atoms with Gasteiger partial charge in [-0.3, -0.25) is 9.48 Å². The van der Waals surface area contributed by atoms with Gasteiger partial charge in [-0.05, 0) is 31.5 Å². The summed E-state index contributed by atoms with van der Waals surface area (Å²) in [5, 5.41) is 9.15. The molecule has 114 valence electrons. The number of carbonyl (C=O) groups is 1. The summed E-state index contributed by atoms with van der Waals surface area (Å²) < 4.78 is 1.92. The van der Waals surface area contributed by atoms with Crippen molar-refractivity contribution in [2.45, 2.75) is 20.4 Å². The van der Waals surface area contributed by atoms with Crippen LogP contribution in [-0.2, 0) is 6.54 Å². The van der Waals surface area contributed by atoms with Gasteiger partial charge in [0.1, 0.15) is 4.83 Å². The molecule has 6 heteroatoms. The average Bonchev–Trinajstić information content (AvgIpc) is 3.04. The highest BCUT2D eigenvalue weighted by Crippen LogP contribution is 2.29. The van der Waals surface area contributed by atoms with Gasteiger partial charge in [-0.15, -0.1) is 11.3 Å². The molecule has 0 aliphatic rings. The minimum Gasteiger partial charge on any atom is -0.352 e. The molecule has 1 N–H and O–H groups in total. The number of aromatic nitrogens is 2. The Bertz CT molecular complexity index is 837. The predicted molar refractivity (Wildman–Crippen MR) is 90.9 cm³/mol. The van der Waals surface area contributed by atoms with Gasteiger partial charge in [0.25, 0.3) is 5.91 Å². The number of benzene rings is 1. The molecule has 0 saturated heterocycles. The Kier molecular flexibility index (Phi) is 4.18. The normalized spacial score (nSPS) is 11.0. The molecule has 0 spiro atoms. The maximum absolute atomic E-state index is 12.0. The Morgan fingerprint density at radius 1 is 1.41 bits per heavy atom. The van der Waals surface area contributed by atoms with Crippen molar-refractivity contribution in [2.75, 3.05) is 6.54 Å².